The van der Waals surface area contributed by atoms with Gasteiger partial charge in [0.25, 0.3) is 0 Å². The van der Waals surface area contributed by atoms with Gasteiger partial charge in [-0.2, -0.15) is 4.98 Å². The van der Waals surface area contributed by atoms with Crippen LogP contribution in [-0.2, 0) is 6.42 Å². The molecule has 2 aromatic heterocycles. The van der Waals surface area contributed by atoms with E-state index in [1.165, 1.54) is 10.3 Å². The van der Waals surface area contributed by atoms with Gasteiger partial charge in [0.05, 0.1) is 5.39 Å². The molecule has 2 aromatic rings. The van der Waals surface area contributed by atoms with Crippen molar-refractivity contribution >= 4 is 33.3 Å². The molecule has 0 unspecified atom stereocenters. The molecule has 0 saturated carbocycles. The van der Waals surface area contributed by atoms with E-state index >= 15 is 0 Å². The van der Waals surface area contributed by atoms with Crippen LogP contribution in [0.25, 0.3) is 10.2 Å². The molecule has 1 N–H and O–H groups in total. The molecule has 0 aromatic carbocycles. The van der Waals surface area contributed by atoms with Crippen molar-refractivity contribution in [2.24, 2.45) is 0 Å². The summed E-state index contributed by atoms with van der Waals surface area (Å²) < 4.78 is 0. The Morgan fingerprint density at radius 3 is 2.72 bits per heavy atom. The lowest BCUT2D eigenvalue weighted by Gasteiger charge is -2.18. The highest BCUT2D eigenvalue weighted by Crippen LogP contribution is 2.31. The number of anilines is 2. The zero-order valence-electron chi connectivity index (χ0n) is 11.4. The Kier molecular flexibility index (Phi) is 4.01. The average molecular weight is 264 g/mol. The van der Waals surface area contributed by atoms with Crippen molar-refractivity contribution in [3.8, 4) is 0 Å². The first-order valence-corrected chi connectivity index (χ1v) is 7.20. The summed E-state index contributed by atoms with van der Waals surface area (Å²) >= 11 is 1.76. The summed E-state index contributed by atoms with van der Waals surface area (Å²) in [6.45, 7) is 5.36. The van der Waals surface area contributed by atoms with Gasteiger partial charge in [-0.3, -0.25) is 0 Å². The van der Waals surface area contributed by atoms with Crippen molar-refractivity contribution in [1.29, 1.82) is 0 Å². The molecular formula is C13H20N4S. The van der Waals surface area contributed by atoms with Crippen LogP contribution in [0.3, 0.4) is 0 Å². The van der Waals surface area contributed by atoms with E-state index < -0.39 is 0 Å². The summed E-state index contributed by atoms with van der Waals surface area (Å²) in [4.78, 5) is 13.8. The smallest absolute Gasteiger partial charge is 0.225 e. The number of nitrogens with one attached hydrogen (secondary N) is 1. The second-order valence-corrected chi connectivity index (χ2v) is 5.44. The van der Waals surface area contributed by atoms with Gasteiger partial charge < -0.3 is 10.2 Å². The van der Waals surface area contributed by atoms with Gasteiger partial charge in [-0.1, -0.05) is 13.8 Å². The van der Waals surface area contributed by atoms with Crippen LogP contribution in [-0.4, -0.2) is 30.6 Å². The number of thiophene rings is 1. The molecule has 0 aliphatic carbocycles. The minimum atomic E-state index is 0.699. The van der Waals surface area contributed by atoms with Crippen LogP contribution in [0.1, 0.15) is 25.1 Å². The fourth-order valence-electron chi connectivity index (χ4n) is 1.97. The molecule has 0 radical (unpaired) electrons. The Morgan fingerprint density at radius 2 is 2.11 bits per heavy atom. The van der Waals surface area contributed by atoms with E-state index in [-0.39, 0.29) is 0 Å². The zero-order chi connectivity index (χ0) is 13.1. The Bertz CT molecular complexity index is 535. The Hall–Kier alpha value is -1.36. The van der Waals surface area contributed by atoms with Crippen molar-refractivity contribution in [3.63, 3.8) is 0 Å². The molecule has 4 nitrogen and oxygen atoms in total. The van der Waals surface area contributed by atoms with E-state index in [9.17, 15) is 0 Å². The molecule has 0 spiro atoms. The quantitative estimate of drug-likeness (QED) is 0.900. The van der Waals surface area contributed by atoms with Gasteiger partial charge in [-0.15, -0.1) is 11.3 Å². The number of hydrogen-bond acceptors (Lipinski definition) is 5. The van der Waals surface area contributed by atoms with Gasteiger partial charge in [-0.25, -0.2) is 4.98 Å². The number of hydrogen-bond donors (Lipinski definition) is 1. The normalized spacial score (nSPS) is 10.9. The van der Waals surface area contributed by atoms with Crippen molar-refractivity contribution in [3.05, 3.63) is 10.9 Å². The molecule has 0 aliphatic heterocycles. The topological polar surface area (TPSA) is 41.1 Å². The first-order chi connectivity index (χ1) is 8.69. The Balaban J connectivity index is 2.56. The van der Waals surface area contributed by atoms with Crippen molar-refractivity contribution in [2.75, 3.05) is 30.9 Å². The molecule has 0 bridgehead atoms. The van der Waals surface area contributed by atoms with Gasteiger partial charge in [-0.05, 0) is 18.9 Å². The molecule has 0 fully saturated rings. The van der Waals surface area contributed by atoms with Crippen molar-refractivity contribution in [2.45, 2.75) is 26.7 Å². The molecule has 0 aliphatic rings. The fraction of sp³-hybridized carbons (Fsp3) is 0.538. The van der Waals surface area contributed by atoms with Crippen LogP contribution in [0.5, 0.6) is 0 Å². The summed E-state index contributed by atoms with van der Waals surface area (Å²) in [5, 5.41) is 4.21. The SMILES string of the molecule is CCCN(C)c1nc(NC)nc2sc(CC)cc12. The lowest BCUT2D eigenvalue weighted by Crippen LogP contribution is -2.19. The number of aryl methyl sites for hydroxylation is 1. The highest BCUT2D eigenvalue weighted by molar-refractivity contribution is 7.18. The Labute approximate surface area is 112 Å². The van der Waals surface area contributed by atoms with Crippen LogP contribution in [0.4, 0.5) is 11.8 Å². The van der Waals surface area contributed by atoms with Gasteiger partial charge in [0.2, 0.25) is 5.95 Å². The molecule has 18 heavy (non-hydrogen) atoms. The first-order valence-electron chi connectivity index (χ1n) is 6.38. The van der Waals surface area contributed by atoms with Gasteiger partial charge in [0.1, 0.15) is 10.6 Å². The molecule has 0 saturated heterocycles. The van der Waals surface area contributed by atoms with E-state index in [1.807, 2.05) is 7.05 Å². The van der Waals surface area contributed by atoms with E-state index in [0.717, 1.165) is 30.0 Å². The van der Waals surface area contributed by atoms with Crippen molar-refractivity contribution in [1.82, 2.24) is 9.97 Å². The lowest BCUT2D eigenvalue weighted by molar-refractivity contribution is 0.840. The van der Waals surface area contributed by atoms with Gasteiger partial charge >= 0.3 is 0 Å². The molecule has 0 amide bonds. The van der Waals surface area contributed by atoms with E-state index in [4.69, 9.17) is 0 Å². The van der Waals surface area contributed by atoms with Crippen molar-refractivity contribution < 1.29 is 0 Å². The second-order valence-electron chi connectivity index (χ2n) is 4.33. The second kappa shape index (κ2) is 5.52. The maximum absolute atomic E-state index is 4.60. The standard InChI is InChI=1S/C13H20N4S/c1-5-7-17(4)11-10-8-9(6-2)18-12(10)16-13(14-3)15-11/h8H,5-7H2,1-4H3,(H,14,15,16). The minimum Gasteiger partial charge on any atom is -0.359 e. The van der Waals surface area contributed by atoms with E-state index in [1.54, 1.807) is 11.3 Å². The number of rotatable bonds is 5. The zero-order valence-corrected chi connectivity index (χ0v) is 12.3. The summed E-state index contributed by atoms with van der Waals surface area (Å²) in [7, 11) is 3.95. The van der Waals surface area contributed by atoms with E-state index in [2.05, 4.69) is 47.1 Å². The number of aromatic nitrogens is 2. The third kappa shape index (κ3) is 2.41. The summed E-state index contributed by atoms with van der Waals surface area (Å²) in [5.41, 5.74) is 0. The van der Waals surface area contributed by atoms with Crippen LogP contribution >= 0.6 is 11.3 Å². The largest absolute Gasteiger partial charge is 0.359 e. The molecule has 2 heterocycles. The summed E-state index contributed by atoms with van der Waals surface area (Å²) in [5.74, 6) is 1.73. The molecule has 98 valence electrons. The third-order valence-electron chi connectivity index (χ3n) is 2.92. The maximum atomic E-state index is 4.60. The van der Waals surface area contributed by atoms with Crippen LogP contribution in [0, 0.1) is 0 Å². The number of fused-ring (bicyclic) bond motifs is 1. The molecule has 2 rings (SSSR count). The molecule has 0 atom stereocenters. The molecular weight excluding hydrogens is 244 g/mol. The minimum absolute atomic E-state index is 0.699. The fourth-order valence-corrected chi connectivity index (χ4v) is 2.94. The third-order valence-corrected chi connectivity index (χ3v) is 4.09. The van der Waals surface area contributed by atoms with Crippen LogP contribution in [0.15, 0.2) is 6.07 Å². The van der Waals surface area contributed by atoms with Crippen LogP contribution in [0.2, 0.25) is 0 Å². The van der Waals surface area contributed by atoms with Crippen LogP contribution < -0.4 is 10.2 Å². The highest BCUT2D eigenvalue weighted by atomic mass is 32.1. The number of nitrogens with zero attached hydrogens (tertiary/aromatic N) is 3. The summed E-state index contributed by atoms with van der Waals surface area (Å²) in [6, 6.07) is 2.22. The molecule has 5 heteroatoms. The lowest BCUT2D eigenvalue weighted by atomic mass is 10.3. The first kappa shape index (κ1) is 13.1. The maximum Gasteiger partial charge on any atom is 0.225 e. The van der Waals surface area contributed by atoms with Gasteiger partial charge in [0, 0.05) is 25.5 Å². The average Bonchev–Trinajstić information content (AvgIpc) is 2.80. The monoisotopic (exact) mass is 264 g/mol. The van der Waals surface area contributed by atoms with E-state index in [0.29, 0.717) is 5.95 Å². The summed E-state index contributed by atoms with van der Waals surface area (Å²) in [6.07, 6.45) is 2.16. The Morgan fingerprint density at radius 1 is 1.33 bits per heavy atom. The van der Waals surface area contributed by atoms with Gasteiger partial charge in [0.15, 0.2) is 0 Å². The predicted molar refractivity (Wildman–Crippen MR) is 79.9 cm³/mol. The highest BCUT2D eigenvalue weighted by Gasteiger charge is 2.13. The predicted octanol–water partition coefficient (Wildman–Crippen LogP) is 3.14.